The maximum Gasteiger partial charge on any atom is 0.328 e. The van der Waals surface area contributed by atoms with Crippen LogP contribution in [0.3, 0.4) is 0 Å². The van der Waals surface area contributed by atoms with Gasteiger partial charge in [-0.1, -0.05) is 41.4 Å². The number of carbonyl (C=O) groups is 2. The number of hydrogen-bond donors (Lipinski definition) is 1. The van der Waals surface area contributed by atoms with Crippen LogP contribution in [0.1, 0.15) is 6.92 Å². The quantitative estimate of drug-likeness (QED) is 0.774. The van der Waals surface area contributed by atoms with Gasteiger partial charge in [-0.25, -0.2) is 4.79 Å². The van der Waals surface area contributed by atoms with Gasteiger partial charge in [0.1, 0.15) is 12.6 Å². The Morgan fingerprint density at radius 3 is 2.24 bits per heavy atom. The molecule has 7 heteroatoms. The van der Waals surface area contributed by atoms with Crippen LogP contribution < -0.4 is 10.2 Å². The number of halogens is 2. The highest BCUT2D eigenvalue weighted by molar-refractivity contribution is 6.35. The first kappa shape index (κ1) is 19.1. The number of methoxy groups -OCH3 is 1. The molecular formula is C18H18Cl2N2O3. The van der Waals surface area contributed by atoms with E-state index in [1.54, 1.807) is 30.0 Å². The van der Waals surface area contributed by atoms with Crippen LogP contribution in [0.5, 0.6) is 0 Å². The second-order valence-electron chi connectivity index (χ2n) is 5.36. The minimum atomic E-state index is -0.738. The molecule has 5 nitrogen and oxygen atoms in total. The van der Waals surface area contributed by atoms with E-state index in [9.17, 15) is 9.59 Å². The molecule has 2 rings (SSSR count). The molecule has 0 aliphatic heterocycles. The summed E-state index contributed by atoms with van der Waals surface area (Å²) in [5.74, 6) is -0.844. The fourth-order valence-electron chi connectivity index (χ4n) is 2.30. The van der Waals surface area contributed by atoms with Crippen molar-refractivity contribution in [2.75, 3.05) is 18.6 Å². The second-order valence-corrected chi connectivity index (χ2v) is 6.23. The highest BCUT2D eigenvalue weighted by atomic mass is 35.5. The normalized spacial score (nSPS) is 11.5. The predicted octanol–water partition coefficient (Wildman–Crippen LogP) is 3.81. The van der Waals surface area contributed by atoms with E-state index in [1.807, 2.05) is 30.3 Å². The third kappa shape index (κ3) is 5.37. The van der Waals surface area contributed by atoms with Crippen molar-refractivity contribution in [3.05, 3.63) is 58.6 Å². The summed E-state index contributed by atoms with van der Waals surface area (Å²) in [7, 11) is 1.27. The van der Waals surface area contributed by atoms with Crippen molar-refractivity contribution in [3.63, 3.8) is 0 Å². The van der Waals surface area contributed by atoms with Crippen LogP contribution in [-0.2, 0) is 14.3 Å². The van der Waals surface area contributed by atoms with Crippen LogP contribution in [0.25, 0.3) is 0 Å². The Morgan fingerprint density at radius 2 is 1.68 bits per heavy atom. The topological polar surface area (TPSA) is 58.6 Å². The van der Waals surface area contributed by atoms with Gasteiger partial charge in [0.25, 0.3) is 0 Å². The van der Waals surface area contributed by atoms with Crippen LogP contribution >= 0.6 is 23.2 Å². The number of carbonyl (C=O) groups excluding carboxylic acids is 2. The van der Waals surface area contributed by atoms with E-state index >= 15 is 0 Å². The molecule has 0 unspecified atom stereocenters. The molecule has 1 N–H and O–H groups in total. The van der Waals surface area contributed by atoms with E-state index in [1.165, 1.54) is 7.11 Å². The maximum atomic E-state index is 12.4. The zero-order valence-electron chi connectivity index (χ0n) is 13.8. The zero-order valence-corrected chi connectivity index (χ0v) is 15.3. The number of nitrogens with one attached hydrogen (secondary N) is 1. The largest absolute Gasteiger partial charge is 0.467 e. The highest BCUT2D eigenvalue weighted by Crippen LogP contribution is 2.30. The number of nitrogens with zero attached hydrogens (tertiary/aromatic N) is 1. The average Bonchev–Trinajstić information content (AvgIpc) is 2.58. The van der Waals surface area contributed by atoms with Crippen molar-refractivity contribution in [2.45, 2.75) is 13.0 Å². The molecular weight excluding hydrogens is 363 g/mol. The molecule has 1 atom stereocenters. The number of para-hydroxylation sites is 1. The van der Waals surface area contributed by atoms with Crippen LogP contribution in [-0.4, -0.2) is 31.6 Å². The monoisotopic (exact) mass is 380 g/mol. The number of hydrogen-bond acceptors (Lipinski definition) is 4. The molecule has 2 aromatic rings. The van der Waals surface area contributed by atoms with Crippen molar-refractivity contribution >= 4 is 46.5 Å². The molecule has 1 amide bonds. The summed E-state index contributed by atoms with van der Waals surface area (Å²) in [5.41, 5.74) is 1.46. The molecule has 0 saturated carbocycles. The molecule has 0 bridgehead atoms. The SMILES string of the molecule is COC(=O)[C@H](C)NC(=O)CN(c1ccccc1)c1cc(Cl)cc(Cl)c1. The number of amides is 1. The second kappa shape index (κ2) is 8.74. The summed E-state index contributed by atoms with van der Waals surface area (Å²) in [5, 5.41) is 3.54. The van der Waals surface area contributed by atoms with Crippen LogP contribution in [0.15, 0.2) is 48.5 Å². The van der Waals surface area contributed by atoms with Crippen LogP contribution in [0.2, 0.25) is 10.0 Å². The standard InChI is InChI=1S/C18H18Cl2N2O3/c1-12(18(24)25-2)21-17(23)11-22(15-6-4-3-5-7-15)16-9-13(19)8-14(20)10-16/h3-10,12H,11H2,1-2H3,(H,21,23)/t12-/m0/s1. The molecule has 0 aliphatic carbocycles. The van der Waals surface area contributed by atoms with Gasteiger partial charge in [0.05, 0.1) is 7.11 Å². The Bertz CT molecular complexity index is 733. The fraction of sp³-hybridized carbons (Fsp3) is 0.222. The lowest BCUT2D eigenvalue weighted by molar-refractivity contribution is -0.144. The average molecular weight is 381 g/mol. The van der Waals surface area contributed by atoms with E-state index in [0.29, 0.717) is 15.7 Å². The Balaban J connectivity index is 2.27. The summed E-state index contributed by atoms with van der Waals surface area (Å²) in [6, 6.07) is 13.7. The van der Waals surface area contributed by atoms with Gasteiger partial charge in [0, 0.05) is 21.4 Å². The molecule has 2 aromatic carbocycles. The Morgan fingerprint density at radius 1 is 1.08 bits per heavy atom. The van der Waals surface area contributed by atoms with Crippen molar-refractivity contribution in [3.8, 4) is 0 Å². The van der Waals surface area contributed by atoms with Crippen molar-refractivity contribution < 1.29 is 14.3 Å². The van der Waals surface area contributed by atoms with E-state index in [-0.39, 0.29) is 12.5 Å². The van der Waals surface area contributed by atoms with Crippen molar-refractivity contribution in [2.24, 2.45) is 0 Å². The maximum absolute atomic E-state index is 12.4. The summed E-state index contributed by atoms with van der Waals surface area (Å²) < 4.78 is 4.62. The van der Waals surface area contributed by atoms with Crippen LogP contribution in [0.4, 0.5) is 11.4 Å². The first-order chi connectivity index (χ1) is 11.9. The minimum Gasteiger partial charge on any atom is -0.467 e. The Labute approximate surface area is 156 Å². The molecule has 132 valence electrons. The molecule has 0 aliphatic rings. The molecule has 0 radical (unpaired) electrons. The van der Waals surface area contributed by atoms with Gasteiger partial charge in [-0.05, 0) is 37.3 Å². The first-order valence-electron chi connectivity index (χ1n) is 7.56. The van der Waals surface area contributed by atoms with Gasteiger partial charge in [0.2, 0.25) is 5.91 Å². The third-order valence-electron chi connectivity index (χ3n) is 3.46. The number of anilines is 2. The van der Waals surface area contributed by atoms with Crippen LogP contribution in [0, 0.1) is 0 Å². The summed E-state index contributed by atoms with van der Waals surface area (Å²) in [4.78, 5) is 25.6. The minimum absolute atomic E-state index is 0.0119. The Hall–Kier alpha value is -2.24. The zero-order chi connectivity index (χ0) is 18.4. The van der Waals surface area contributed by atoms with Gasteiger partial charge < -0.3 is 15.0 Å². The summed E-state index contributed by atoms with van der Waals surface area (Å²) >= 11 is 12.2. The van der Waals surface area contributed by atoms with Gasteiger partial charge in [-0.15, -0.1) is 0 Å². The molecule has 0 spiro atoms. The van der Waals surface area contributed by atoms with Crippen molar-refractivity contribution in [1.29, 1.82) is 0 Å². The smallest absolute Gasteiger partial charge is 0.328 e. The van der Waals surface area contributed by atoms with E-state index in [2.05, 4.69) is 10.1 Å². The predicted molar refractivity (Wildman–Crippen MR) is 99.5 cm³/mol. The van der Waals surface area contributed by atoms with Crippen molar-refractivity contribution in [1.82, 2.24) is 5.32 Å². The molecule has 0 heterocycles. The first-order valence-corrected chi connectivity index (χ1v) is 8.32. The molecule has 0 saturated heterocycles. The van der Waals surface area contributed by atoms with E-state index in [4.69, 9.17) is 23.2 Å². The van der Waals surface area contributed by atoms with Gasteiger partial charge >= 0.3 is 5.97 Å². The van der Waals surface area contributed by atoms with Gasteiger partial charge in [-0.3, -0.25) is 4.79 Å². The molecule has 0 aromatic heterocycles. The highest BCUT2D eigenvalue weighted by Gasteiger charge is 2.19. The molecule has 25 heavy (non-hydrogen) atoms. The lowest BCUT2D eigenvalue weighted by Gasteiger charge is -2.25. The molecule has 0 fully saturated rings. The number of rotatable bonds is 6. The lowest BCUT2D eigenvalue weighted by Crippen LogP contribution is -2.43. The van der Waals surface area contributed by atoms with E-state index in [0.717, 1.165) is 5.69 Å². The number of esters is 1. The lowest BCUT2D eigenvalue weighted by atomic mass is 10.2. The fourth-order valence-corrected chi connectivity index (χ4v) is 2.82. The summed E-state index contributed by atoms with van der Waals surface area (Å²) in [6.45, 7) is 1.55. The van der Waals surface area contributed by atoms with E-state index < -0.39 is 12.0 Å². The van der Waals surface area contributed by atoms with Gasteiger partial charge in [-0.2, -0.15) is 0 Å². The Kier molecular flexibility index (Phi) is 6.67. The number of benzene rings is 2. The van der Waals surface area contributed by atoms with Gasteiger partial charge in [0.15, 0.2) is 0 Å². The third-order valence-corrected chi connectivity index (χ3v) is 3.90. The number of ether oxygens (including phenoxy) is 1. The summed E-state index contributed by atoms with van der Waals surface area (Å²) in [6.07, 6.45) is 0.